The predicted molar refractivity (Wildman–Crippen MR) is 86.2 cm³/mol. The average Bonchev–Trinajstić information content (AvgIpc) is 2.47. The number of halogens is 1. The van der Waals surface area contributed by atoms with E-state index in [0.717, 1.165) is 0 Å². The first-order chi connectivity index (χ1) is 10.9. The second kappa shape index (κ2) is 9.30. The standard InChI is InChI=1S/C17H21ClO5/c1-4-22-15(20)10-14(12-6-8-13(18)9-7-12)16(11(3)19)17(21)23-5-2/h6-9,14,16H,4-5,10H2,1-3H3/t14-,16+/m1/s1. The highest BCUT2D eigenvalue weighted by atomic mass is 35.5. The fraction of sp³-hybridized carbons (Fsp3) is 0.471. The summed E-state index contributed by atoms with van der Waals surface area (Å²) in [6.45, 7) is 5.07. The summed E-state index contributed by atoms with van der Waals surface area (Å²) in [5.74, 6) is -3.16. The molecule has 0 saturated heterocycles. The van der Waals surface area contributed by atoms with Crippen molar-refractivity contribution in [1.29, 1.82) is 0 Å². The molecule has 23 heavy (non-hydrogen) atoms. The second-order valence-electron chi connectivity index (χ2n) is 5.01. The lowest BCUT2D eigenvalue weighted by molar-refractivity contribution is -0.153. The Morgan fingerprint density at radius 1 is 1.04 bits per heavy atom. The lowest BCUT2D eigenvalue weighted by atomic mass is 9.81. The molecule has 126 valence electrons. The molecule has 0 spiro atoms. The molecular formula is C17H21ClO5. The lowest BCUT2D eigenvalue weighted by Gasteiger charge is -2.23. The number of esters is 2. The van der Waals surface area contributed by atoms with Gasteiger partial charge in [-0.25, -0.2) is 0 Å². The molecule has 0 amide bonds. The maximum absolute atomic E-state index is 12.2. The highest BCUT2D eigenvalue weighted by Crippen LogP contribution is 2.31. The third-order valence-corrected chi connectivity index (χ3v) is 3.62. The molecule has 0 fully saturated rings. The Balaban J connectivity index is 3.18. The van der Waals surface area contributed by atoms with Crippen LogP contribution in [0, 0.1) is 5.92 Å². The molecule has 0 unspecified atom stereocenters. The van der Waals surface area contributed by atoms with Crippen LogP contribution in [0.2, 0.25) is 5.02 Å². The van der Waals surface area contributed by atoms with Crippen molar-refractivity contribution in [2.24, 2.45) is 5.92 Å². The summed E-state index contributed by atoms with van der Waals surface area (Å²) in [6, 6.07) is 6.69. The Morgan fingerprint density at radius 2 is 1.61 bits per heavy atom. The lowest BCUT2D eigenvalue weighted by Crippen LogP contribution is -2.32. The van der Waals surface area contributed by atoms with Crippen molar-refractivity contribution < 1.29 is 23.9 Å². The number of hydrogen-bond acceptors (Lipinski definition) is 5. The Labute approximate surface area is 140 Å². The van der Waals surface area contributed by atoms with Crippen LogP contribution in [-0.4, -0.2) is 30.9 Å². The van der Waals surface area contributed by atoms with Gasteiger partial charge in [0, 0.05) is 10.9 Å². The first-order valence-electron chi connectivity index (χ1n) is 7.48. The van der Waals surface area contributed by atoms with Crippen molar-refractivity contribution >= 4 is 29.3 Å². The zero-order valence-electron chi connectivity index (χ0n) is 13.5. The normalized spacial score (nSPS) is 13.0. The van der Waals surface area contributed by atoms with Crippen LogP contribution < -0.4 is 0 Å². The third kappa shape index (κ3) is 5.67. The minimum Gasteiger partial charge on any atom is -0.466 e. The maximum Gasteiger partial charge on any atom is 0.317 e. The fourth-order valence-corrected chi connectivity index (χ4v) is 2.51. The molecule has 0 saturated carbocycles. The van der Waals surface area contributed by atoms with Crippen molar-refractivity contribution in [3.05, 3.63) is 34.9 Å². The maximum atomic E-state index is 12.2. The van der Waals surface area contributed by atoms with E-state index in [1.54, 1.807) is 38.1 Å². The van der Waals surface area contributed by atoms with Crippen LogP contribution in [0.5, 0.6) is 0 Å². The Morgan fingerprint density at radius 3 is 2.09 bits per heavy atom. The summed E-state index contributed by atoms with van der Waals surface area (Å²) in [5, 5.41) is 0.527. The summed E-state index contributed by atoms with van der Waals surface area (Å²) in [7, 11) is 0. The number of benzene rings is 1. The molecule has 1 aromatic carbocycles. The van der Waals surface area contributed by atoms with Gasteiger partial charge in [0.2, 0.25) is 0 Å². The second-order valence-corrected chi connectivity index (χ2v) is 5.44. The molecule has 0 aliphatic rings. The smallest absolute Gasteiger partial charge is 0.317 e. The molecule has 0 aliphatic heterocycles. The summed E-state index contributed by atoms with van der Waals surface area (Å²) in [4.78, 5) is 36.1. The molecule has 0 heterocycles. The third-order valence-electron chi connectivity index (χ3n) is 3.37. The quantitative estimate of drug-likeness (QED) is 0.537. The first kappa shape index (κ1) is 19.2. The van der Waals surface area contributed by atoms with Gasteiger partial charge in [-0.1, -0.05) is 23.7 Å². The number of ketones is 1. The summed E-state index contributed by atoms with van der Waals surface area (Å²) < 4.78 is 9.95. The van der Waals surface area contributed by atoms with Crippen LogP contribution in [0.3, 0.4) is 0 Å². The van der Waals surface area contributed by atoms with Gasteiger partial charge in [-0.2, -0.15) is 0 Å². The van der Waals surface area contributed by atoms with E-state index in [4.69, 9.17) is 21.1 Å². The van der Waals surface area contributed by atoms with Gasteiger partial charge in [0.25, 0.3) is 0 Å². The zero-order valence-corrected chi connectivity index (χ0v) is 14.3. The molecule has 6 heteroatoms. The van der Waals surface area contributed by atoms with Gasteiger partial charge in [0.1, 0.15) is 11.7 Å². The Bertz CT molecular complexity index is 553. The summed E-state index contributed by atoms with van der Waals surface area (Å²) in [5.41, 5.74) is 0.663. The largest absolute Gasteiger partial charge is 0.466 e. The van der Waals surface area contributed by atoms with E-state index in [1.807, 2.05) is 0 Å². The molecule has 1 rings (SSSR count). The van der Waals surface area contributed by atoms with Crippen molar-refractivity contribution in [3.8, 4) is 0 Å². The highest BCUT2D eigenvalue weighted by molar-refractivity contribution is 6.30. The van der Waals surface area contributed by atoms with Gasteiger partial charge in [-0.05, 0) is 38.5 Å². The number of ether oxygens (including phenoxy) is 2. The van der Waals surface area contributed by atoms with Crippen molar-refractivity contribution in [3.63, 3.8) is 0 Å². The molecule has 0 radical (unpaired) electrons. The summed E-state index contributed by atoms with van der Waals surface area (Å²) in [6.07, 6.45) is -0.0848. The number of Topliss-reactive ketones (excluding diaryl/α,β-unsaturated/α-hetero) is 1. The SMILES string of the molecule is CCOC(=O)C[C@H](c1ccc(Cl)cc1)[C@H](C(C)=O)C(=O)OCC. The van der Waals surface area contributed by atoms with Crippen LogP contribution in [0.15, 0.2) is 24.3 Å². The topological polar surface area (TPSA) is 69.7 Å². The molecule has 0 bridgehead atoms. The van der Waals surface area contributed by atoms with Gasteiger partial charge < -0.3 is 9.47 Å². The van der Waals surface area contributed by atoms with Gasteiger partial charge in [-0.3, -0.25) is 14.4 Å². The van der Waals surface area contributed by atoms with Crippen molar-refractivity contribution in [1.82, 2.24) is 0 Å². The zero-order chi connectivity index (χ0) is 17.4. The van der Waals surface area contributed by atoms with E-state index >= 15 is 0 Å². The van der Waals surface area contributed by atoms with Gasteiger partial charge in [0.05, 0.1) is 19.6 Å². The monoisotopic (exact) mass is 340 g/mol. The van der Waals surface area contributed by atoms with Gasteiger partial charge in [-0.15, -0.1) is 0 Å². The summed E-state index contributed by atoms with van der Waals surface area (Å²) >= 11 is 5.88. The molecule has 0 N–H and O–H groups in total. The van der Waals surface area contributed by atoms with Gasteiger partial charge in [0.15, 0.2) is 0 Å². The molecule has 0 aliphatic carbocycles. The van der Waals surface area contributed by atoms with E-state index in [0.29, 0.717) is 10.6 Å². The van der Waals surface area contributed by atoms with Crippen molar-refractivity contribution in [2.75, 3.05) is 13.2 Å². The molecular weight excluding hydrogens is 320 g/mol. The van der Waals surface area contributed by atoms with E-state index in [-0.39, 0.29) is 25.4 Å². The Hall–Kier alpha value is -1.88. The highest BCUT2D eigenvalue weighted by Gasteiger charge is 2.36. The molecule has 1 aromatic rings. The average molecular weight is 341 g/mol. The Kier molecular flexibility index (Phi) is 7.75. The molecule has 0 aromatic heterocycles. The van der Waals surface area contributed by atoms with E-state index in [2.05, 4.69) is 0 Å². The van der Waals surface area contributed by atoms with E-state index < -0.39 is 23.8 Å². The van der Waals surface area contributed by atoms with Gasteiger partial charge >= 0.3 is 11.9 Å². The minimum atomic E-state index is -1.06. The number of rotatable bonds is 8. The fourth-order valence-electron chi connectivity index (χ4n) is 2.38. The number of carbonyl (C=O) groups is 3. The molecule has 2 atom stereocenters. The van der Waals surface area contributed by atoms with Crippen LogP contribution in [0.25, 0.3) is 0 Å². The number of carbonyl (C=O) groups excluding carboxylic acids is 3. The first-order valence-corrected chi connectivity index (χ1v) is 7.86. The van der Waals surface area contributed by atoms with Crippen LogP contribution in [-0.2, 0) is 23.9 Å². The van der Waals surface area contributed by atoms with Crippen LogP contribution >= 0.6 is 11.6 Å². The molecule has 5 nitrogen and oxygen atoms in total. The number of hydrogen-bond donors (Lipinski definition) is 0. The van der Waals surface area contributed by atoms with Crippen LogP contribution in [0.4, 0.5) is 0 Å². The van der Waals surface area contributed by atoms with E-state index in [1.165, 1.54) is 6.92 Å². The minimum absolute atomic E-state index is 0.0848. The van der Waals surface area contributed by atoms with Crippen molar-refractivity contribution in [2.45, 2.75) is 33.1 Å². The predicted octanol–water partition coefficient (Wildman–Crippen LogP) is 3.15. The van der Waals surface area contributed by atoms with E-state index in [9.17, 15) is 14.4 Å². The van der Waals surface area contributed by atoms with Crippen LogP contribution in [0.1, 0.15) is 38.7 Å².